The lowest BCUT2D eigenvalue weighted by atomic mass is 10.1. The minimum absolute atomic E-state index is 0.211. The number of para-hydroxylation sites is 1. The predicted octanol–water partition coefficient (Wildman–Crippen LogP) is 4.11. The van der Waals surface area contributed by atoms with Crippen LogP contribution < -0.4 is 0 Å². The molecule has 0 atom stereocenters. The summed E-state index contributed by atoms with van der Waals surface area (Å²) in [7, 11) is -3.60. The van der Waals surface area contributed by atoms with Crippen molar-refractivity contribution in [1.29, 1.82) is 0 Å². The van der Waals surface area contributed by atoms with E-state index in [-0.39, 0.29) is 16.3 Å². The second-order valence-corrected chi connectivity index (χ2v) is 8.53. The van der Waals surface area contributed by atoms with E-state index in [0.29, 0.717) is 10.3 Å². The van der Waals surface area contributed by atoms with E-state index in [1.165, 1.54) is 0 Å². The van der Waals surface area contributed by atoms with Crippen LogP contribution in [0.3, 0.4) is 0 Å². The highest BCUT2D eigenvalue weighted by Crippen LogP contribution is 2.35. The first-order valence-electron chi connectivity index (χ1n) is 7.53. The maximum atomic E-state index is 12.6. The summed E-state index contributed by atoms with van der Waals surface area (Å²) in [5, 5.41) is 11.5. The molecule has 126 valence electrons. The van der Waals surface area contributed by atoms with Gasteiger partial charge in [-0.2, -0.15) is 4.73 Å². The maximum Gasteiger partial charge on any atom is 0.184 e. The molecule has 4 rings (SSSR count). The van der Waals surface area contributed by atoms with Crippen LogP contribution in [0.15, 0.2) is 70.0 Å². The SMILES string of the molecule is O=S(=O)(Cc1c(Br)cc2c3ccccc3nc-2n1O)c1ccccc1. The van der Waals surface area contributed by atoms with Gasteiger partial charge in [-0.15, -0.1) is 0 Å². The number of hydrogen-bond acceptors (Lipinski definition) is 4. The molecule has 0 aliphatic carbocycles. The lowest BCUT2D eigenvalue weighted by Crippen LogP contribution is -2.14. The number of fused-ring (bicyclic) bond motifs is 3. The van der Waals surface area contributed by atoms with Crippen molar-refractivity contribution in [3.05, 3.63) is 70.8 Å². The van der Waals surface area contributed by atoms with E-state index in [2.05, 4.69) is 20.9 Å². The Balaban J connectivity index is 1.88. The molecule has 2 aromatic carbocycles. The fraction of sp³-hybridized carbons (Fsp3) is 0.0556. The summed E-state index contributed by atoms with van der Waals surface area (Å²) in [6.45, 7) is 0. The van der Waals surface area contributed by atoms with Crippen LogP contribution in [0.25, 0.3) is 22.3 Å². The summed E-state index contributed by atoms with van der Waals surface area (Å²) in [6.07, 6.45) is 0. The smallest absolute Gasteiger partial charge is 0.184 e. The Hall–Kier alpha value is -2.38. The molecular formula is C18H13BrN2O3S. The van der Waals surface area contributed by atoms with Crippen LogP contribution in [0, 0.1) is 0 Å². The fourth-order valence-corrected chi connectivity index (χ4v) is 4.96. The molecule has 0 aromatic heterocycles. The Bertz CT molecular complexity index is 1150. The Morgan fingerprint density at radius 3 is 2.48 bits per heavy atom. The monoisotopic (exact) mass is 416 g/mol. The molecule has 0 fully saturated rings. The van der Waals surface area contributed by atoms with Gasteiger partial charge in [-0.25, -0.2) is 13.4 Å². The molecule has 7 heteroatoms. The summed E-state index contributed by atoms with van der Waals surface area (Å²) < 4.78 is 26.7. The Kier molecular flexibility index (Phi) is 3.77. The largest absolute Gasteiger partial charge is 0.427 e. The van der Waals surface area contributed by atoms with Gasteiger partial charge < -0.3 is 5.21 Å². The Morgan fingerprint density at radius 1 is 1.04 bits per heavy atom. The van der Waals surface area contributed by atoms with E-state index < -0.39 is 9.84 Å². The molecule has 25 heavy (non-hydrogen) atoms. The van der Waals surface area contributed by atoms with E-state index >= 15 is 0 Å². The van der Waals surface area contributed by atoms with Gasteiger partial charge in [0.2, 0.25) is 0 Å². The van der Waals surface area contributed by atoms with Crippen LogP contribution in [0.2, 0.25) is 0 Å². The standard InChI is InChI=1S/C18H13BrN2O3S/c19-15-10-14-13-8-4-5-9-16(13)20-18(14)21(22)17(15)11-25(23,24)12-6-2-1-3-7-12/h1-10,22H,11H2. The zero-order valence-corrected chi connectivity index (χ0v) is 15.3. The number of sulfone groups is 1. The lowest BCUT2D eigenvalue weighted by molar-refractivity contribution is 0.178. The quantitative estimate of drug-likeness (QED) is 0.509. The number of benzene rings is 2. The van der Waals surface area contributed by atoms with Gasteiger partial charge in [0.05, 0.1) is 21.9 Å². The van der Waals surface area contributed by atoms with Crippen LogP contribution in [0.1, 0.15) is 5.69 Å². The number of pyridine rings is 1. The molecule has 0 amide bonds. The third-order valence-electron chi connectivity index (χ3n) is 4.09. The van der Waals surface area contributed by atoms with Gasteiger partial charge >= 0.3 is 0 Å². The maximum absolute atomic E-state index is 12.6. The van der Waals surface area contributed by atoms with E-state index in [9.17, 15) is 13.6 Å². The van der Waals surface area contributed by atoms with Gasteiger partial charge in [0.1, 0.15) is 0 Å². The minimum atomic E-state index is -3.60. The van der Waals surface area contributed by atoms with Crippen LogP contribution >= 0.6 is 15.9 Å². The molecule has 0 saturated carbocycles. The predicted molar refractivity (Wildman–Crippen MR) is 98.6 cm³/mol. The topological polar surface area (TPSA) is 72.2 Å². The molecule has 0 radical (unpaired) electrons. The van der Waals surface area contributed by atoms with E-state index in [1.54, 1.807) is 36.4 Å². The molecule has 0 unspecified atom stereocenters. The van der Waals surface area contributed by atoms with Crippen molar-refractivity contribution in [2.45, 2.75) is 10.6 Å². The molecule has 2 aromatic rings. The van der Waals surface area contributed by atoms with Crippen LogP contribution in [0.4, 0.5) is 0 Å². The van der Waals surface area contributed by atoms with Crippen molar-refractivity contribution < 1.29 is 13.6 Å². The van der Waals surface area contributed by atoms with Crippen molar-refractivity contribution in [3.63, 3.8) is 0 Å². The molecule has 2 aliphatic rings. The average molecular weight is 417 g/mol. The molecule has 2 heterocycles. The zero-order chi connectivity index (χ0) is 17.6. The van der Waals surface area contributed by atoms with Gasteiger partial charge in [-0.3, -0.25) is 0 Å². The highest BCUT2D eigenvalue weighted by molar-refractivity contribution is 9.10. The van der Waals surface area contributed by atoms with Crippen LogP contribution in [-0.2, 0) is 15.6 Å². The second-order valence-electron chi connectivity index (χ2n) is 5.69. The van der Waals surface area contributed by atoms with Gasteiger partial charge in [0.15, 0.2) is 15.7 Å². The molecule has 0 bridgehead atoms. The van der Waals surface area contributed by atoms with Crippen LogP contribution in [-0.4, -0.2) is 23.3 Å². The first-order chi connectivity index (χ1) is 12.0. The Labute approximate surface area is 152 Å². The van der Waals surface area contributed by atoms with Crippen molar-refractivity contribution >= 4 is 36.7 Å². The minimum Gasteiger partial charge on any atom is -0.427 e. The Morgan fingerprint density at radius 2 is 1.72 bits per heavy atom. The van der Waals surface area contributed by atoms with Crippen molar-refractivity contribution in [2.24, 2.45) is 0 Å². The number of halogens is 1. The summed E-state index contributed by atoms with van der Waals surface area (Å²) in [5.74, 6) is -0.00424. The van der Waals surface area contributed by atoms with Gasteiger partial charge in [0, 0.05) is 15.4 Å². The number of nitrogens with zero attached hydrogens (tertiary/aromatic N) is 2. The van der Waals surface area contributed by atoms with Gasteiger partial charge in [-0.05, 0) is 40.2 Å². The molecular weight excluding hydrogens is 404 g/mol. The first-order valence-corrected chi connectivity index (χ1v) is 9.97. The molecule has 5 nitrogen and oxygen atoms in total. The summed E-state index contributed by atoms with van der Waals surface area (Å²) >= 11 is 3.39. The number of rotatable bonds is 3. The second kappa shape index (κ2) is 5.86. The van der Waals surface area contributed by atoms with Crippen molar-refractivity contribution in [3.8, 4) is 11.4 Å². The highest BCUT2D eigenvalue weighted by atomic mass is 79.9. The van der Waals surface area contributed by atoms with Gasteiger partial charge in [-0.1, -0.05) is 36.4 Å². The first kappa shape index (κ1) is 16.1. The number of hydrogen-bond donors (Lipinski definition) is 1. The summed E-state index contributed by atoms with van der Waals surface area (Å²) in [6, 6.07) is 17.5. The van der Waals surface area contributed by atoms with Gasteiger partial charge in [0.25, 0.3) is 0 Å². The third kappa shape index (κ3) is 2.69. The van der Waals surface area contributed by atoms with E-state index in [4.69, 9.17) is 0 Å². The van der Waals surface area contributed by atoms with Crippen molar-refractivity contribution in [1.82, 2.24) is 9.71 Å². The highest BCUT2D eigenvalue weighted by Gasteiger charge is 2.24. The molecule has 0 spiro atoms. The van der Waals surface area contributed by atoms with Crippen LogP contribution in [0.5, 0.6) is 0 Å². The zero-order valence-electron chi connectivity index (χ0n) is 12.9. The summed E-state index contributed by atoms with van der Waals surface area (Å²) in [4.78, 5) is 4.63. The fourth-order valence-electron chi connectivity index (χ4n) is 2.86. The molecule has 2 aliphatic heterocycles. The number of aromatic nitrogens is 2. The summed E-state index contributed by atoms with van der Waals surface area (Å²) in [5.41, 5.74) is 1.74. The average Bonchev–Trinajstić information content (AvgIpc) is 2.98. The molecule has 0 saturated heterocycles. The van der Waals surface area contributed by atoms with Crippen molar-refractivity contribution in [2.75, 3.05) is 0 Å². The normalized spacial score (nSPS) is 12.0. The third-order valence-corrected chi connectivity index (χ3v) is 6.42. The van der Waals surface area contributed by atoms with E-state index in [0.717, 1.165) is 21.2 Å². The van der Waals surface area contributed by atoms with E-state index in [1.807, 2.05) is 24.3 Å². The molecule has 1 N–H and O–H groups in total. The lowest BCUT2D eigenvalue weighted by Gasteiger charge is -2.14.